The van der Waals surface area contributed by atoms with Gasteiger partial charge in [-0.05, 0) is 0 Å². The topological polar surface area (TPSA) is 713 Å². The first-order valence-corrected chi connectivity index (χ1v) is 34.4. The molecular formula is C33H56O50S8. The number of carboxylic acids is 2. The molecule has 0 radical (unpaired) electrons. The summed E-state index contributed by atoms with van der Waals surface area (Å²) in [6.45, 7) is -7.22. The number of aliphatic carboxylic acids is 2. The van der Waals surface area contributed by atoms with Crippen LogP contribution in [0.5, 0.6) is 0 Å². The van der Waals surface area contributed by atoms with Gasteiger partial charge in [0.05, 0.1) is 26.4 Å². The van der Waals surface area contributed by atoms with Crippen LogP contribution in [0.15, 0.2) is 0 Å². The molecular weight excluding hydrogens is 1450 g/mol. The molecule has 0 spiro atoms. The largest absolute Gasteiger partial charge is 0.479 e. The Bertz CT molecular complexity index is 3330. The molecule has 0 aromatic rings. The lowest BCUT2D eigenvalue weighted by atomic mass is 9.95. The Morgan fingerprint density at radius 1 is 0.352 bits per heavy atom. The van der Waals surface area contributed by atoms with Crippen molar-refractivity contribution in [2.75, 3.05) is 68.8 Å². The van der Waals surface area contributed by atoms with Gasteiger partial charge >= 0.3 is 95.1 Å². The zero-order valence-electron chi connectivity index (χ0n) is 45.7. The molecule has 4 saturated heterocycles. The second-order valence-electron chi connectivity index (χ2n) is 17.8. The minimum absolute atomic E-state index is 0.688. The molecule has 0 amide bonds. The van der Waals surface area contributed by atoms with Crippen molar-refractivity contribution in [3.8, 4) is 0 Å². The van der Waals surface area contributed by atoms with E-state index in [2.05, 4.69) is 33.5 Å². The van der Waals surface area contributed by atoms with Crippen LogP contribution in [-0.4, -0.2) is 324 Å². The molecule has 10 N–H and O–H groups in total. The van der Waals surface area contributed by atoms with E-state index in [1.807, 2.05) is 0 Å². The molecule has 0 unspecified atom stereocenters. The predicted octanol–water partition coefficient (Wildman–Crippen LogP) is -8.33. The Kier molecular flexibility index (Phi) is 28.9. The maximum absolute atomic E-state index is 13.2. The van der Waals surface area contributed by atoms with Gasteiger partial charge in [0.2, 0.25) is 0 Å². The first-order valence-electron chi connectivity index (χ1n) is 23.5. The van der Waals surface area contributed by atoms with Crippen molar-refractivity contribution in [1.29, 1.82) is 0 Å². The molecule has 4 fully saturated rings. The van der Waals surface area contributed by atoms with Crippen LogP contribution in [0, 0.1) is 0 Å². The molecule has 4 heterocycles. The van der Waals surface area contributed by atoms with Gasteiger partial charge in [-0.25, -0.2) is 43.1 Å². The molecule has 0 aromatic carbocycles. The van der Waals surface area contributed by atoms with E-state index >= 15 is 0 Å². The van der Waals surface area contributed by atoms with Gasteiger partial charge in [0.15, 0.2) is 49.6 Å². The minimum atomic E-state index is -6.21. The van der Waals surface area contributed by atoms with Crippen LogP contribution in [-0.2, 0) is 193 Å². The summed E-state index contributed by atoms with van der Waals surface area (Å²) < 4.78 is 380. The second kappa shape index (κ2) is 32.6. The highest BCUT2D eigenvalue weighted by molar-refractivity contribution is 7.82. The summed E-state index contributed by atoms with van der Waals surface area (Å²) in [6, 6.07) is 0. The van der Waals surface area contributed by atoms with Crippen molar-refractivity contribution in [2.45, 2.75) is 129 Å². The van der Waals surface area contributed by atoms with Gasteiger partial charge in [0.1, 0.15) is 86.1 Å². The second-order valence-corrected chi connectivity index (χ2v) is 26.3. The molecule has 4 aliphatic heterocycles. The van der Waals surface area contributed by atoms with Gasteiger partial charge in [0.25, 0.3) is 0 Å². The maximum atomic E-state index is 13.2. The highest BCUT2D eigenvalue weighted by Gasteiger charge is 2.61. The fraction of sp³-hybridized carbons (Fsp3) is 0.939. The Morgan fingerprint density at radius 3 is 0.989 bits per heavy atom. The Morgan fingerprint density at radius 2 is 0.659 bits per heavy atom. The predicted molar refractivity (Wildman–Crippen MR) is 265 cm³/mol. The summed E-state index contributed by atoms with van der Waals surface area (Å²) in [4.78, 5) is 26.1. The molecule has 20 atom stereocenters. The van der Waals surface area contributed by atoms with Gasteiger partial charge in [0, 0.05) is 35.5 Å². The summed E-state index contributed by atoms with van der Waals surface area (Å²) in [5.74, 6) is -4.36. The van der Waals surface area contributed by atoms with E-state index in [-0.39, 0.29) is 0 Å². The maximum Gasteiger partial charge on any atom is 0.397 e. The van der Waals surface area contributed by atoms with E-state index in [1.54, 1.807) is 0 Å². The lowest BCUT2D eigenvalue weighted by molar-refractivity contribution is -0.383. The molecule has 0 aliphatic carbocycles. The number of hydrogen-bond acceptors (Lipinski definition) is 40. The average Bonchev–Trinajstić information content (AvgIpc) is 0.768. The number of ether oxygens (including phenoxy) is 14. The monoisotopic (exact) mass is 1510 g/mol. The summed E-state index contributed by atoms with van der Waals surface area (Å²) >= 11 is 0. The molecule has 0 saturated carbocycles. The summed E-state index contributed by atoms with van der Waals surface area (Å²) in [6.07, 6.45) is -53.6. The molecule has 0 bridgehead atoms. The highest BCUT2D eigenvalue weighted by atomic mass is 32.3. The third-order valence-electron chi connectivity index (χ3n) is 11.9. The lowest BCUT2D eigenvalue weighted by Crippen LogP contribution is -2.69. The SMILES string of the molecule is CO[C@H]1O[C@H](COS(=O)(=O)O)[C@@H](O[C@@H]2O[C@@H](C(=O)O)[C@@H](O[C@H]3O[C@H](COS(=O)(=O)O)[C@@H](O[C@@H]4O[C@H](C(=O)O)[C@@H](OCOC(COS(=O)(=O)O)COS(=O)(=O)O)[C@H](OC)[C@H]4OC)[C@H](OS(=O)(=O)O)[C@H]3OS(=O)(=O)O)[C@H](OC)[C@H]2OC)[C@H](OS(=O)(=O)O)[C@H]1OS(=O)(=O)O. The summed E-state index contributed by atoms with van der Waals surface area (Å²) in [5, 5.41) is 21.0. The molecule has 0 aromatic heterocycles. The molecule has 50 nitrogen and oxygen atoms in total. The van der Waals surface area contributed by atoms with Crippen molar-refractivity contribution in [3.63, 3.8) is 0 Å². The van der Waals surface area contributed by atoms with Crippen LogP contribution in [0.25, 0.3) is 0 Å². The Labute approximate surface area is 514 Å². The van der Waals surface area contributed by atoms with Crippen LogP contribution in [0.2, 0.25) is 0 Å². The third kappa shape index (κ3) is 25.7. The number of carbonyl (C=O) groups is 2. The lowest BCUT2D eigenvalue weighted by Gasteiger charge is -2.50. The first kappa shape index (κ1) is 80.8. The van der Waals surface area contributed by atoms with Gasteiger partial charge in [-0.15, -0.1) is 0 Å². The first-order chi connectivity index (χ1) is 41.5. The van der Waals surface area contributed by atoms with Crippen molar-refractivity contribution in [3.05, 3.63) is 0 Å². The molecule has 4 rings (SSSR count). The van der Waals surface area contributed by atoms with E-state index in [1.165, 1.54) is 0 Å². The van der Waals surface area contributed by atoms with E-state index < -0.39 is 257 Å². The number of methoxy groups -OCH3 is 5. The quantitative estimate of drug-likeness (QED) is 0.0204. The van der Waals surface area contributed by atoms with Crippen molar-refractivity contribution < 1.29 is 223 Å². The molecule has 536 valence electrons. The van der Waals surface area contributed by atoms with Crippen molar-refractivity contribution in [2.24, 2.45) is 0 Å². The van der Waals surface area contributed by atoms with Crippen molar-refractivity contribution >= 4 is 95.1 Å². The number of rotatable bonds is 37. The van der Waals surface area contributed by atoms with Crippen LogP contribution in [0.1, 0.15) is 0 Å². The fourth-order valence-corrected chi connectivity index (χ4v) is 11.9. The summed E-state index contributed by atoms with van der Waals surface area (Å²) in [7, 11) is -42.4. The highest BCUT2D eigenvalue weighted by Crippen LogP contribution is 2.40. The molecule has 4 aliphatic rings. The van der Waals surface area contributed by atoms with E-state index in [9.17, 15) is 114 Å². The zero-order valence-corrected chi connectivity index (χ0v) is 52.3. The van der Waals surface area contributed by atoms with E-state index in [0.29, 0.717) is 21.3 Å². The van der Waals surface area contributed by atoms with E-state index in [4.69, 9.17) is 75.4 Å². The van der Waals surface area contributed by atoms with Crippen LogP contribution >= 0.6 is 0 Å². The van der Waals surface area contributed by atoms with Gasteiger partial charge in [-0.2, -0.15) is 67.3 Å². The average molecular weight is 1510 g/mol. The van der Waals surface area contributed by atoms with Crippen LogP contribution in [0.3, 0.4) is 0 Å². The van der Waals surface area contributed by atoms with Crippen LogP contribution < -0.4 is 0 Å². The molecule has 58 heteroatoms. The fourth-order valence-electron chi connectivity index (χ4n) is 8.69. The van der Waals surface area contributed by atoms with Crippen LogP contribution in [0.4, 0.5) is 0 Å². The minimum Gasteiger partial charge on any atom is -0.479 e. The smallest absolute Gasteiger partial charge is 0.397 e. The van der Waals surface area contributed by atoms with Gasteiger partial charge in [-0.3, -0.25) is 36.4 Å². The zero-order chi connectivity index (χ0) is 69.4. The van der Waals surface area contributed by atoms with Crippen molar-refractivity contribution in [1.82, 2.24) is 0 Å². The normalized spacial score (nSPS) is 33.6. The molecule has 91 heavy (non-hydrogen) atoms. The Balaban J connectivity index is 1.86. The number of hydrogen-bond donors (Lipinski definition) is 10. The Hall–Kier alpha value is -2.66. The van der Waals surface area contributed by atoms with Gasteiger partial charge in [-0.1, -0.05) is 0 Å². The summed E-state index contributed by atoms with van der Waals surface area (Å²) in [5.41, 5.74) is 0. The third-order valence-corrected chi connectivity index (χ3v) is 15.5. The van der Waals surface area contributed by atoms with Gasteiger partial charge < -0.3 is 76.5 Å². The number of carboxylic acid groups (broad SMARTS) is 2. The van der Waals surface area contributed by atoms with E-state index in [0.717, 1.165) is 14.2 Å². The standard InChI is InChI=1S/C33H56O50S8/c1-62-16-18(68-10-67-11(6-69-84(38,39)40)7-70-85(41,42)43)22(28(34)35)78-31(24(16)64-3)76-15-13(9-72-87(47,48)49)74-33(27(83-91(59,60)61)21(15)81-89(53,54)55)77-19-17(63-2)25(65-4)32(79-23(19)29(36)37)75-14-12(8-71-86(44,45)46)73-30(66-5)26(82-90(56,57)58)20(14)80-88(50,51)52/h11-27,30-33H,6-10H2,1-5H3,(H,34,35)(H,36,37)(H,38,39,40)(H,41,42,43)(H,44,45,46)(H,47,48,49)(H,50,51,52)(H,53,54,55)(H,56,57,58)(H,59,60,61)/t12-,13-,14-,15-,16+,17+,18+,19+,20+,21+,22+,23-,24-,25-,26-,27-,30+,31-,32-,33-/m1/s1.